The quantitative estimate of drug-likeness (QED) is 0.728. The van der Waals surface area contributed by atoms with Crippen molar-refractivity contribution in [2.75, 3.05) is 25.5 Å². The van der Waals surface area contributed by atoms with Gasteiger partial charge in [0.1, 0.15) is 0 Å². The number of likely N-dealkylation sites (tertiary alicyclic amines) is 1. The number of hydrogen-bond donors (Lipinski definition) is 1. The summed E-state index contributed by atoms with van der Waals surface area (Å²) in [5.74, 6) is -0.721. The van der Waals surface area contributed by atoms with E-state index >= 15 is 0 Å². The number of hydrogen-bond acceptors (Lipinski definition) is 4. The first-order valence-electron chi connectivity index (χ1n) is 9.02. The molecule has 0 spiro atoms. The second-order valence-electron chi connectivity index (χ2n) is 6.63. The molecule has 0 aliphatic carbocycles. The van der Waals surface area contributed by atoms with Gasteiger partial charge in [-0.2, -0.15) is 0 Å². The lowest BCUT2D eigenvalue weighted by Gasteiger charge is -2.30. The molecular weight excluding hydrogens is 424 g/mol. The molecular formula is C21H21BrN2O4. The highest BCUT2D eigenvalue weighted by molar-refractivity contribution is 9.10. The van der Waals surface area contributed by atoms with E-state index in [0.29, 0.717) is 42.7 Å². The van der Waals surface area contributed by atoms with E-state index in [1.807, 2.05) is 6.07 Å². The highest BCUT2D eigenvalue weighted by Crippen LogP contribution is 2.21. The van der Waals surface area contributed by atoms with Crippen LogP contribution in [0, 0.1) is 5.92 Å². The van der Waals surface area contributed by atoms with Gasteiger partial charge in [-0.1, -0.05) is 28.1 Å². The molecule has 2 amide bonds. The van der Waals surface area contributed by atoms with Gasteiger partial charge in [0.25, 0.3) is 11.8 Å². The molecule has 6 nitrogen and oxygen atoms in total. The Bertz CT molecular complexity index is 891. The highest BCUT2D eigenvalue weighted by Gasteiger charge is 2.28. The summed E-state index contributed by atoms with van der Waals surface area (Å²) in [6, 6.07) is 14.0. The fourth-order valence-electron chi connectivity index (χ4n) is 3.23. The van der Waals surface area contributed by atoms with Crippen molar-refractivity contribution in [2.24, 2.45) is 5.92 Å². The normalized spacial score (nSPS) is 14.4. The van der Waals surface area contributed by atoms with Crippen LogP contribution in [0.15, 0.2) is 53.0 Å². The van der Waals surface area contributed by atoms with E-state index < -0.39 is 0 Å². The summed E-state index contributed by atoms with van der Waals surface area (Å²) in [5.41, 5.74) is 1.58. The van der Waals surface area contributed by atoms with Gasteiger partial charge in [0.15, 0.2) is 0 Å². The summed E-state index contributed by atoms with van der Waals surface area (Å²) >= 11 is 3.35. The van der Waals surface area contributed by atoms with Crippen molar-refractivity contribution in [3.8, 4) is 0 Å². The molecule has 146 valence electrons. The molecule has 0 unspecified atom stereocenters. The monoisotopic (exact) mass is 444 g/mol. The van der Waals surface area contributed by atoms with Crippen LogP contribution in [0.4, 0.5) is 5.69 Å². The zero-order valence-electron chi connectivity index (χ0n) is 15.5. The molecule has 1 heterocycles. The van der Waals surface area contributed by atoms with Crippen LogP contribution in [0.25, 0.3) is 0 Å². The van der Waals surface area contributed by atoms with Crippen LogP contribution in [0.3, 0.4) is 0 Å². The molecule has 0 bridgehead atoms. The van der Waals surface area contributed by atoms with Gasteiger partial charge >= 0.3 is 5.97 Å². The predicted octanol–water partition coefficient (Wildman–Crippen LogP) is 3.73. The lowest BCUT2D eigenvalue weighted by molar-refractivity contribution is -0.146. The molecule has 2 aromatic carbocycles. The van der Waals surface area contributed by atoms with E-state index in [9.17, 15) is 14.4 Å². The van der Waals surface area contributed by atoms with E-state index in [4.69, 9.17) is 4.74 Å². The molecule has 0 atom stereocenters. The number of nitrogens with zero attached hydrogens (tertiary/aromatic N) is 1. The van der Waals surface area contributed by atoms with Crippen LogP contribution in [0.2, 0.25) is 0 Å². The van der Waals surface area contributed by atoms with Gasteiger partial charge in [-0.3, -0.25) is 14.4 Å². The summed E-state index contributed by atoms with van der Waals surface area (Å²) in [4.78, 5) is 38.6. The van der Waals surface area contributed by atoms with Crippen LogP contribution >= 0.6 is 15.9 Å². The minimum absolute atomic E-state index is 0.109. The number of anilines is 1. The van der Waals surface area contributed by atoms with Crippen molar-refractivity contribution in [3.63, 3.8) is 0 Å². The van der Waals surface area contributed by atoms with Gasteiger partial charge in [0, 0.05) is 34.4 Å². The van der Waals surface area contributed by atoms with Crippen molar-refractivity contribution < 1.29 is 19.1 Å². The number of benzene rings is 2. The van der Waals surface area contributed by atoms with Crippen molar-refractivity contribution in [2.45, 2.75) is 12.8 Å². The van der Waals surface area contributed by atoms with Crippen LogP contribution in [0.1, 0.15) is 33.6 Å². The molecule has 7 heteroatoms. The first-order valence-corrected chi connectivity index (χ1v) is 9.81. The highest BCUT2D eigenvalue weighted by atomic mass is 79.9. The van der Waals surface area contributed by atoms with Gasteiger partial charge in [0.05, 0.1) is 13.0 Å². The maximum Gasteiger partial charge on any atom is 0.308 e. The fraction of sp³-hybridized carbons (Fsp3) is 0.286. The standard InChI is InChI=1S/C21H21BrN2O4/c1-28-21(27)14-8-10-24(11-9-14)20(26)16-5-3-7-18(13-16)23-19(25)15-4-2-6-17(22)12-15/h2-7,12-14H,8-11H2,1H3,(H,23,25). The van der Waals surface area contributed by atoms with Crippen LogP contribution in [0.5, 0.6) is 0 Å². The van der Waals surface area contributed by atoms with Gasteiger partial charge < -0.3 is 15.0 Å². The Labute approximate surface area is 172 Å². The molecule has 1 aliphatic heterocycles. The number of ether oxygens (including phenoxy) is 1. The first-order chi connectivity index (χ1) is 13.5. The van der Waals surface area contributed by atoms with E-state index in [1.54, 1.807) is 47.4 Å². The lowest BCUT2D eigenvalue weighted by Crippen LogP contribution is -2.40. The summed E-state index contributed by atoms with van der Waals surface area (Å²) in [5, 5.41) is 2.82. The number of carbonyl (C=O) groups excluding carboxylic acids is 3. The van der Waals surface area contributed by atoms with Crippen molar-refractivity contribution in [1.82, 2.24) is 4.90 Å². The summed E-state index contributed by atoms with van der Waals surface area (Å²) in [7, 11) is 1.38. The minimum atomic E-state index is -0.246. The molecule has 3 rings (SSSR count). The summed E-state index contributed by atoms with van der Waals surface area (Å²) in [6.07, 6.45) is 1.19. The Morgan fingerprint density at radius 3 is 2.39 bits per heavy atom. The third-order valence-corrected chi connectivity index (χ3v) is 5.26. The Morgan fingerprint density at radius 2 is 1.71 bits per heavy atom. The minimum Gasteiger partial charge on any atom is -0.469 e. The fourth-order valence-corrected chi connectivity index (χ4v) is 3.63. The number of nitrogens with one attached hydrogen (secondary N) is 1. The average Bonchev–Trinajstić information content (AvgIpc) is 2.73. The summed E-state index contributed by atoms with van der Waals surface area (Å²) in [6.45, 7) is 1.01. The number of rotatable bonds is 4. The SMILES string of the molecule is COC(=O)C1CCN(C(=O)c2cccc(NC(=O)c3cccc(Br)c3)c2)CC1. The molecule has 1 saturated heterocycles. The predicted molar refractivity (Wildman–Crippen MR) is 109 cm³/mol. The van der Waals surface area contributed by atoms with Gasteiger partial charge in [-0.05, 0) is 49.2 Å². The van der Waals surface area contributed by atoms with E-state index in [1.165, 1.54) is 7.11 Å². The zero-order valence-corrected chi connectivity index (χ0v) is 17.1. The maximum absolute atomic E-state index is 12.8. The number of esters is 1. The Kier molecular flexibility index (Phi) is 6.46. The van der Waals surface area contributed by atoms with E-state index in [-0.39, 0.29) is 23.7 Å². The van der Waals surface area contributed by atoms with Gasteiger partial charge in [0.2, 0.25) is 0 Å². The second-order valence-corrected chi connectivity index (χ2v) is 7.55. The zero-order chi connectivity index (χ0) is 20.1. The molecule has 2 aromatic rings. The van der Waals surface area contributed by atoms with Crippen LogP contribution in [-0.4, -0.2) is 42.9 Å². The third-order valence-electron chi connectivity index (χ3n) is 4.77. The third kappa shape index (κ3) is 4.78. The number of methoxy groups -OCH3 is 1. The smallest absolute Gasteiger partial charge is 0.308 e. The molecule has 1 N–H and O–H groups in total. The molecule has 1 fully saturated rings. The van der Waals surface area contributed by atoms with Crippen molar-refractivity contribution >= 4 is 39.4 Å². The van der Waals surface area contributed by atoms with Gasteiger partial charge in [-0.15, -0.1) is 0 Å². The Hall–Kier alpha value is -2.67. The number of amides is 2. The summed E-state index contributed by atoms with van der Waals surface area (Å²) < 4.78 is 5.60. The Morgan fingerprint density at radius 1 is 1.04 bits per heavy atom. The van der Waals surface area contributed by atoms with Crippen LogP contribution in [-0.2, 0) is 9.53 Å². The van der Waals surface area contributed by atoms with Gasteiger partial charge in [-0.25, -0.2) is 0 Å². The van der Waals surface area contributed by atoms with Crippen molar-refractivity contribution in [1.29, 1.82) is 0 Å². The molecule has 0 radical (unpaired) electrons. The lowest BCUT2D eigenvalue weighted by atomic mass is 9.96. The second kappa shape index (κ2) is 9.01. The number of carbonyl (C=O) groups is 3. The molecule has 1 aliphatic rings. The Balaban J connectivity index is 1.65. The molecule has 0 saturated carbocycles. The topological polar surface area (TPSA) is 75.7 Å². The van der Waals surface area contributed by atoms with Crippen molar-refractivity contribution in [3.05, 3.63) is 64.1 Å². The number of piperidine rings is 1. The first kappa shape index (κ1) is 20.1. The maximum atomic E-state index is 12.8. The van der Waals surface area contributed by atoms with Crippen LogP contribution < -0.4 is 5.32 Å². The number of halogens is 1. The largest absolute Gasteiger partial charge is 0.469 e. The average molecular weight is 445 g/mol. The van der Waals surface area contributed by atoms with E-state index in [2.05, 4.69) is 21.2 Å². The molecule has 28 heavy (non-hydrogen) atoms. The molecule has 0 aromatic heterocycles. The van der Waals surface area contributed by atoms with E-state index in [0.717, 1.165) is 4.47 Å².